The van der Waals surface area contributed by atoms with Gasteiger partial charge < -0.3 is 15.3 Å². The Morgan fingerprint density at radius 3 is 3.19 bits per heavy atom. The Bertz CT molecular complexity index is 395. The van der Waals surface area contributed by atoms with Gasteiger partial charge in [-0.15, -0.1) is 0 Å². The van der Waals surface area contributed by atoms with Crippen LogP contribution in [0.4, 0.5) is 5.82 Å². The Balaban J connectivity index is 2.12. The predicted molar refractivity (Wildman–Crippen MR) is 60.6 cm³/mol. The average molecular weight is 221 g/mol. The SMILES string of the molecule is Cc1ccnc(N2CCN[C@H](C(=O)O)C2)c1. The van der Waals surface area contributed by atoms with Crippen LogP contribution < -0.4 is 10.2 Å². The molecule has 1 aliphatic heterocycles. The second kappa shape index (κ2) is 4.49. The predicted octanol–water partition coefficient (Wildman–Crippen LogP) is 0.253. The van der Waals surface area contributed by atoms with Crippen LogP contribution in [0, 0.1) is 6.92 Å². The van der Waals surface area contributed by atoms with Gasteiger partial charge in [-0.2, -0.15) is 0 Å². The van der Waals surface area contributed by atoms with Crippen LogP contribution in [0.25, 0.3) is 0 Å². The van der Waals surface area contributed by atoms with E-state index in [1.807, 2.05) is 24.0 Å². The summed E-state index contributed by atoms with van der Waals surface area (Å²) in [6, 6.07) is 3.40. The second-order valence-corrected chi connectivity index (χ2v) is 3.98. The molecule has 1 aromatic heterocycles. The maximum absolute atomic E-state index is 10.9. The number of pyridine rings is 1. The molecule has 2 rings (SSSR count). The number of carboxylic acid groups (broad SMARTS) is 1. The molecule has 2 N–H and O–H groups in total. The van der Waals surface area contributed by atoms with E-state index in [9.17, 15) is 4.79 Å². The minimum Gasteiger partial charge on any atom is -0.480 e. The molecule has 2 heterocycles. The average Bonchev–Trinajstić information content (AvgIpc) is 2.29. The molecule has 1 aliphatic rings. The van der Waals surface area contributed by atoms with E-state index in [4.69, 9.17) is 5.11 Å². The van der Waals surface area contributed by atoms with E-state index in [2.05, 4.69) is 10.3 Å². The Kier molecular flexibility index (Phi) is 3.05. The number of rotatable bonds is 2. The van der Waals surface area contributed by atoms with E-state index in [1.54, 1.807) is 6.20 Å². The van der Waals surface area contributed by atoms with Crippen molar-refractivity contribution in [1.29, 1.82) is 0 Å². The van der Waals surface area contributed by atoms with E-state index in [-0.39, 0.29) is 0 Å². The quantitative estimate of drug-likeness (QED) is 0.749. The summed E-state index contributed by atoms with van der Waals surface area (Å²) in [5.74, 6) is 0.0464. The van der Waals surface area contributed by atoms with Crippen LogP contribution in [0.2, 0.25) is 0 Å². The van der Waals surface area contributed by atoms with E-state index in [0.29, 0.717) is 13.1 Å². The molecule has 86 valence electrons. The largest absolute Gasteiger partial charge is 0.480 e. The standard InChI is InChI=1S/C11H15N3O2/c1-8-2-3-13-10(6-8)14-5-4-12-9(7-14)11(15)16/h2-3,6,9,12H,4-5,7H2,1H3,(H,15,16)/t9-/m0/s1. The number of aryl methyl sites for hydroxylation is 1. The van der Waals surface area contributed by atoms with Gasteiger partial charge >= 0.3 is 5.97 Å². The van der Waals surface area contributed by atoms with Crippen molar-refractivity contribution in [3.63, 3.8) is 0 Å². The van der Waals surface area contributed by atoms with Crippen molar-refractivity contribution in [2.45, 2.75) is 13.0 Å². The first kappa shape index (κ1) is 10.9. The van der Waals surface area contributed by atoms with E-state index < -0.39 is 12.0 Å². The molecule has 1 atom stereocenters. The van der Waals surface area contributed by atoms with Gasteiger partial charge in [-0.05, 0) is 24.6 Å². The molecule has 0 unspecified atom stereocenters. The van der Waals surface area contributed by atoms with Gasteiger partial charge in [-0.25, -0.2) is 4.98 Å². The minimum atomic E-state index is -0.808. The molecule has 0 radical (unpaired) electrons. The van der Waals surface area contributed by atoms with Crippen molar-refractivity contribution in [3.05, 3.63) is 23.9 Å². The lowest BCUT2D eigenvalue weighted by Crippen LogP contribution is -2.54. The molecule has 1 fully saturated rings. The van der Waals surface area contributed by atoms with Crippen LogP contribution in [0.3, 0.4) is 0 Å². The number of piperazine rings is 1. The molecular formula is C11H15N3O2. The summed E-state index contributed by atoms with van der Waals surface area (Å²) in [4.78, 5) is 17.2. The molecule has 1 aromatic rings. The summed E-state index contributed by atoms with van der Waals surface area (Å²) in [6.45, 7) is 3.93. The fourth-order valence-corrected chi connectivity index (χ4v) is 1.82. The number of hydrogen-bond donors (Lipinski definition) is 2. The molecule has 0 amide bonds. The molecule has 0 bridgehead atoms. The Morgan fingerprint density at radius 1 is 1.69 bits per heavy atom. The zero-order chi connectivity index (χ0) is 11.5. The van der Waals surface area contributed by atoms with Crippen molar-refractivity contribution < 1.29 is 9.90 Å². The summed E-state index contributed by atoms with van der Waals surface area (Å²) in [5, 5.41) is 11.9. The number of anilines is 1. The second-order valence-electron chi connectivity index (χ2n) is 3.98. The highest BCUT2D eigenvalue weighted by atomic mass is 16.4. The highest BCUT2D eigenvalue weighted by Crippen LogP contribution is 2.14. The minimum absolute atomic E-state index is 0.464. The van der Waals surface area contributed by atoms with Gasteiger partial charge in [0.1, 0.15) is 11.9 Å². The number of aromatic nitrogens is 1. The van der Waals surface area contributed by atoms with Gasteiger partial charge in [-0.1, -0.05) is 0 Å². The Labute approximate surface area is 94.1 Å². The number of aliphatic carboxylic acids is 1. The molecule has 0 aromatic carbocycles. The molecule has 0 spiro atoms. The third-order valence-corrected chi connectivity index (χ3v) is 2.70. The maximum Gasteiger partial charge on any atom is 0.322 e. The number of carboxylic acids is 1. The molecule has 5 nitrogen and oxygen atoms in total. The lowest BCUT2D eigenvalue weighted by atomic mass is 10.2. The third kappa shape index (κ3) is 2.30. The van der Waals surface area contributed by atoms with Gasteiger partial charge in [-0.3, -0.25) is 4.79 Å². The lowest BCUT2D eigenvalue weighted by Gasteiger charge is -2.32. The summed E-state index contributed by atoms with van der Waals surface area (Å²) < 4.78 is 0. The molecule has 5 heteroatoms. The first-order valence-electron chi connectivity index (χ1n) is 5.30. The van der Waals surface area contributed by atoms with Crippen LogP contribution >= 0.6 is 0 Å². The lowest BCUT2D eigenvalue weighted by molar-refractivity contribution is -0.139. The molecule has 1 saturated heterocycles. The van der Waals surface area contributed by atoms with Gasteiger partial charge in [0.25, 0.3) is 0 Å². The van der Waals surface area contributed by atoms with E-state index >= 15 is 0 Å². The van der Waals surface area contributed by atoms with Crippen LogP contribution in [0.15, 0.2) is 18.3 Å². The summed E-state index contributed by atoms with van der Waals surface area (Å²) >= 11 is 0. The zero-order valence-electron chi connectivity index (χ0n) is 9.18. The smallest absolute Gasteiger partial charge is 0.322 e. The third-order valence-electron chi connectivity index (χ3n) is 2.70. The van der Waals surface area contributed by atoms with Crippen LogP contribution in [-0.4, -0.2) is 41.7 Å². The van der Waals surface area contributed by atoms with Gasteiger partial charge in [0, 0.05) is 25.8 Å². The van der Waals surface area contributed by atoms with Gasteiger partial charge in [0.05, 0.1) is 0 Å². The summed E-state index contributed by atoms with van der Waals surface area (Å²) in [6.07, 6.45) is 1.75. The molecule has 0 saturated carbocycles. The van der Waals surface area contributed by atoms with Crippen molar-refractivity contribution in [3.8, 4) is 0 Å². The van der Waals surface area contributed by atoms with Crippen LogP contribution in [0.1, 0.15) is 5.56 Å². The molecular weight excluding hydrogens is 206 g/mol. The van der Waals surface area contributed by atoms with Gasteiger partial charge in [0.15, 0.2) is 0 Å². The number of hydrogen-bond acceptors (Lipinski definition) is 4. The van der Waals surface area contributed by atoms with E-state index in [0.717, 1.165) is 17.9 Å². The van der Waals surface area contributed by atoms with Crippen LogP contribution in [0.5, 0.6) is 0 Å². The molecule has 0 aliphatic carbocycles. The van der Waals surface area contributed by atoms with Crippen molar-refractivity contribution in [2.24, 2.45) is 0 Å². The first-order valence-corrected chi connectivity index (χ1v) is 5.30. The number of carbonyl (C=O) groups is 1. The molecule has 16 heavy (non-hydrogen) atoms. The fourth-order valence-electron chi connectivity index (χ4n) is 1.82. The number of nitrogens with zero attached hydrogens (tertiary/aromatic N) is 2. The van der Waals surface area contributed by atoms with Gasteiger partial charge in [0.2, 0.25) is 0 Å². The van der Waals surface area contributed by atoms with Crippen LogP contribution in [-0.2, 0) is 4.79 Å². The Hall–Kier alpha value is -1.62. The van der Waals surface area contributed by atoms with Crippen molar-refractivity contribution in [1.82, 2.24) is 10.3 Å². The zero-order valence-corrected chi connectivity index (χ0v) is 9.18. The normalized spacial score (nSPS) is 20.8. The highest BCUT2D eigenvalue weighted by Gasteiger charge is 2.25. The monoisotopic (exact) mass is 221 g/mol. The maximum atomic E-state index is 10.9. The first-order chi connectivity index (χ1) is 7.66. The van der Waals surface area contributed by atoms with E-state index in [1.165, 1.54) is 0 Å². The fraction of sp³-hybridized carbons (Fsp3) is 0.455. The summed E-state index contributed by atoms with van der Waals surface area (Å²) in [5.41, 5.74) is 1.13. The highest BCUT2D eigenvalue weighted by molar-refractivity contribution is 5.74. The number of nitrogens with one attached hydrogen (secondary N) is 1. The Morgan fingerprint density at radius 2 is 2.50 bits per heavy atom. The van der Waals surface area contributed by atoms with Crippen molar-refractivity contribution in [2.75, 3.05) is 24.5 Å². The topological polar surface area (TPSA) is 65.5 Å². The van der Waals surface area contributed by atoms with Crippen molar-refractivity contribution >= 4 is 11.8 Å². The summed E-state index contributed by atoms with van der Waals surface area (Å²) in [7, 11) is 0.